The smallest absolute Gasteiger partial charge is 0.131 e. The molecule has 0 saturated carbocycles. The van der Waals surface area contributed by atoms with Crippen LogP contribution in [0.2, 0.25) is 5.02 Å². The molecule has 1 atom stereocenters. The minimum atomic E-state index is -0.159. The van der Waals surface area contributed by atoms with Crippen molar-refractivity contribution in [2.24, 2.45) is 0 Å². The molecule has 3 aromatic carbocycles. The molecule has 0 N–H and O–H groups in total. The zero-order valence-corrected chi connectivity index (χ0v) is 14.8. The molecule has 0 spiro atoms. The number of likely N-dealkylation sites (N-methyl/N-ethyl adjacent to an activating group) is 1. The van der Waals surface area contributed by atoms with Gasteiger partial charge in [0.2, 0.25) is 0 Å². The molecule has 1 unspecified atom stereocenters. The maximum atomic E-state index is 14.9. The van der Waals surface area contributed by atoms with Crippen LogP contribution in [0.3, 0.4) is 0 Å². The molecule has 0 saturated heterocycles. The van der Waals surface area contributed by atoms with Gasteiger partial charge in [-0.05, 0) is 53.6 Å². The van der Waals surface area contributed by atoms with Gasteiger partial charge in [0.15, 0.2) is 0 Å². The molecule has 1 nitrogen and oxygen atoms in total. The topological polar surface area (TPSA) is 3.24 Å². The Labute approximate surface area is 152 Å². The molecule has 0 radical (unpaired) electrons. The average molecular weight is 352 g/mol. The Kier molecular flexibility index (Phi) is 4.32. The van der Waals surface area contributed by atoms with Crippen molar-refractivity contribution in [2.45, 2.75) is 12.5 Å². The highest BCUT2D eigenvalue weighted by molar-refractivity contribution is 6.30. The van der Waals surface area contributed by atoms with Crippen LogP contribution in [0, 0.1) is 5.82 Å². The van der Waals surface area contributed by atoms with E-state index in [-0.39, 0.29) is 11.7 Å². The van der Waals surface area contributed by atoms with E-state index in [9.17, 15) is 4.39 Å². The monoisotopic (exact) mass is 351 g/mol. The third kappa shape index (κ3) is 3.20. The number of hydrogen-bond acceptors (Lipinski definition) is 1. The van der Waals surface area contributed by atoms with Crippen LogP contribution in [-0.2, 0) is 6.54 Å². The summed E-state index contributed by atoms with van der Waals surface area (Å²) in [7, 11) is 2.11. The van der Waals surface area contributed by atoms with Crippen LogP contribution in [0.15, 0.2) is 66.7 Å². The van der Waals surface area contributed by atoms with Gasteiger partial charge in [-0.3, -0.25) is 0 Å². The van der Waals surface area contributed by atoms with Crippen molar-refractivity contribution < 1.29 is 4.39 Å². The fourth-order valence-corrected chi connectivity index (χ4v) is 3.81. The maximum absolute atomic E-state index is 14.9. The number of rotatable bonds is 2. The summed E-state index contributed by atoms with van der Waals surface area (Å²) in [6.45, 7) is 1.71. The van der Waals surface area contributed by atoms with Gasteiger partial charge < -0.3 is 4.90 Å². The molecule has 0 aromatic heterocycles. The van der Waals surface area contributed by atoms with Crippen molar-refractivity contribution in [1.29, 1.82) is 0 Å². The lowest BCUT2D eigenvalue weighted by atomic mass is 9.83. The predicted octanol–water partition coefficient (Wildman–Crippen LogP) is 5.72. The third-order valence-corrected chi connectivity index (χ3v) is 5.15. The van der Waals surface area contributed by atoms with Crippen LogP contribution in [-0.4, -0.2) is 18.5 Å². The summed E-state index contributed by atoms with van der Waals surface area (Å²) in [6, 6.07) is 21.4. The molecule has 1 aliphatic rings. The Hall–Kier alpha value is -2.16. The van der Waals surface area contributed by atoms with Gasteiger partial charge in [0.1, 0.15) is 5.82 Å². The third-order valence-electron chi connectivity index (χ3n) is 4.90. The Balaban J connectivity index is 1.82. The van der Waals surface area contributed by atoms with Gasteiger partial charge in [-0.25, -0.2) is 4.39 Å². The number of benzene rings is 3. The van der Waals surface area contributed by atoms with E-state index < -0.39 is 0 Å². The highest BCUT2D eigenvalue weighted by Gasteiger charge is 2.26. The number of hydrogen-bond donors (Lipinski definition) is 0. The molecule has 1 aliphatic heterocycles. The summed E-state index contributed by atoms with van der Waals surface area (Å²) in [4.78, 5) is 2.29. The lowest BCUT2D eigenvalue weighted by Gasteiger charge is -2.33. The summed E-state index contributed by atoms with van der Waals surface area (Å²) in [6.07, 6.45) is 0. The number of nitrogens with zero attached hydrogens (tertiary/aromatic N) is 1. The fraction of sp³-hybridized carbons (Fsp3) is 0.182. The molecule has 0 fully saturated rings. The first kappa shape index (κ1) is 16.3. The van der Waals surface area contributed by atoms with E-state index in [4.69, 9.17) is 11.6 Å². The summed E-state index contributed by atoms with van der Waals surface area (Å²) < 4.78 is 14.9. The average Bonchev–Trinajstić information content (AvgIpc) is 2.62. The van der Waals surface area contributed by atoms with E-state index in [2.05, 4.69) is 11.9 Å². The molecule has 0 bridgehead atoms. The van der Waals surface area contributed by atoms with E-state index >= 15 is 0 Å². The predicted molar refractivity (Wildman–Crippen MR) is 101 cm³/mol. The lowest BCUT2D eigenvalue weighted by molar-refractivity contribution is 0.294. The number of halogens is 2. The largest absolute Gasteiger partial charge is 0.301 e. The molecule has 0 aliphatic carbocycles. The molecule has 4 rings (SSSR count). The van der Waals surface area contributed by atoms with Gasteiger partial charge in [-0.15, -0.1) is 0 Å². The summed E-state index contributed by atoms with van der Waals surface area (Å²) in [5.41, 5.74) is 5.03. The van der Waals surface area contributed by atoms with Crippen LogP contribution in [0.5, 0.6) is 0 Å². The molecule has 0 amide bonds. The second-order valence-corrected chi connectivity index (χ2v) is 7.13. The quantitative estimate of drug-likeness (QED) is 0.570. The highest BCUT2D eigenvalue weighted by atomic mass is 35.5. The van der Waals surface area contributed by atoms with Crippen molar-refractivity contribution in [1.82, 2.24) is 4.90 Å². The minimum Gasteiger partial charge on any atom is -0.301 e. The first-order chi connectivity index (χ1) is 12.1. The van der Waals surface area contributed by atoms with E-state index in [0.717, 1.165) is 29.2 Å². The second kappa shape index (κ2) is 6.62. The SMILES string of the molecule is CN1Cc2cc(-c3ccccc3)c(F)cc2C(c2ccc(Cl)cc2)C1. The molecule has 126 valence electrons. The van der Waals surface area contributed by atoms with Crippen LogP contribution >= 0.6 is 11.6 Å². The van der Waals surface area contributed by atoms with Crippen LogP contribution in [0.25, 0.3) is 11.1 Å². The minimum absolute atomic E-state index is 0.158. The number of fused-ring (bicyclic) bond motifs is 1. The van der Waals surface area contributed by atoms with Gasteiger partial charge >= 0.3 is 0 Å². The summed E-state index contributed by atoms with van der Waals surface area (Å²) in [5, 5.41) is 0.721. The van der Waals surface area contributed by atoms with E-state index in [1.54, 1.807) is 6.07 Å². The normalized spacial score (nSPS) is 17.3. The second-order valence-electron chi connectivity index (χ2n) is 6.70. The van der Waals surface area contributed by atoms with Gasteiger partial charge in [0, 0.05) is 29.6 Å². The maximum Gasteiger partial charge on any atom is 0.131 e. The van der Waals surface area contributed by atoms with Crippen molar-refractivity contribution in [2.75, 3.05) is 13.6 Å². The van der Waals surface area contributed by atoms with Gasteiger partial charge in [-0.1, -0.05) is 54.1 Å². The van der Waals surface area contributed by atoms with Crippen LogP contribution in [0.1, 0.15) is 22.6 Å². The van der Waals surface area contributed by atoms with Crippen molar-refractivity contribution >= 4 is 11.6 Å². The van der Waals surface area contributed by atoms with Crippen molar-refractivity contribution in [3.8, 4) is 11.1 Å². The Bertz CT molecular complexity index is 890. The highest BCUT2D eigenvalue weighted by Crippen LogP contribution is 2.37. The van der Waals surface area contributed by atoms with E-state index in [1.165, 1.54) is 11.1 Å². The first-order valence-corrected chi connectivity index (χ1v) is 8.81. The van der Waals surface area contributed by atoms with Gasteiger partial charge in [0.25, 0.3) is 0 Å². The zero-order valence-electron chi connectivity index (χ0n) is 14.0. The standard InChI is InChI=1S/C22H19ClFN/c1-25-13-17-11-20(15-5-3-2-4-6-15)22(24)12-19(17)21(14-25)16-7-9-18(23)10-8-16/h2-12,21H,13-14H2,1H3. The van der Waals surface area contributed by atoms with Crippen molar-refractivity contribution in [3.63, 3.8) is 0 Å². The Morgan fingerprint density at radius 2 is 1.72 bits per heavy atom. The fourth-order valence-electron chi connectivity index (χ4n) is 3.68. The van der Waals surface area contributed by atoms with E-state index in [1.807, 2.05) is 60.7 Å². The van der Waals surface area contributed by atoms with E-state index in [0.29, 0.717) is 5.56 Å². The molecular weight excluding hydrogens is 333 g/mol. The van der Waals surface area contributed by atoms with Crippen LogP contribution in [0.4, 0.5) is 4.39 Å². The molecule has 3 aromatic rings. The Morgan fingerprint density at radius 1 is 1.00 bits per heavy atom. The van der Waals surface area contributed by atoms with Gasteiger partial charge in [-0.2, -0.15) is 0 Å². The molecular formula is C22H19ClFN. The zero-order chi connectivity index (χ0) is 17.4. The first-order valence-electron chi connectivity index (χ1n) is 8.43. The Morgan fingerprint density at radius 3 is 2.44 bits per heavy atom. The molecule has 1 heterocycles. The summed E-state index contributed by atoms with van der Waals surface area (Å²) >= 11 is 6.02. The molecule has 3 heteroatoms. The summed E-state index contributed by atoms with van der Waals surface area (Å²) in [5.74, 6) is -0.00110. The lowest BCUT2D eigenvalue weighted by Crippen LogP contribution is -2.31. The van der Waals surface area contributed by atoms with Crippen LogP contribution < -0.4 is 0 Å². The van der Waals surface area contributed by atoms with Crippen molar-refractivity contribution in [3.05, 3.63) is 94.3 Å². The van der Waals surface area contributed by atoms with Gasteiger partial charge in [0.05, 0.1) is 0 Å². The molecule has 25 heavy (non-hydrogen) atoms.